The lowest BCUT2D eigenvalue weighted by Crippen LogP contribution is -2.63. The summed E-state index contributed by atoms with van der Waals surface area (Å²) in [6.45, 7) is 1.09. The van der Waals surface area contributed by atoms with Gasteiger partial charge in [-0.3, -0.25) is 9.80 Å². The fourth-order valence-electron chi connectivity index (χ4n) is 4.04. The maximum Gasteiger partial charge on any atom is 0.422 e. The fourth-order valence-corrected chi connectivity index (χ4v) is 4.04. The van der Waals surface area contributed by atoms with Gasteiger partial charge < -0.3 is 9.47 Å². The van der Waals surface area contributed by atoms with Crippen molar-refractivity contribution < 1.29 is 27.8 Å². The lowest BCUT2D eigenvalue weighted by molar-refractivity contribution is -0.193. The number of hydrogen-bond donors (Lipinski definition) is 0. The second-order valence-electron chi connectivity index (χ2n) is 7.46. The number of carbonyl (C=O) groups is 2. The summed E-state index contributed by atoms with van der Waals surface area (Å²) in [5, 5.41) is 1.75. The maximum absolute atomic E-state index is 13.6. The Bertz CT molecular complexity index is 1180. The standard InChI is InChI=1S/C22H17F2N3O4/c23-17-6-5-14(11-18(17)24)12-26-9-10-27(22(13-26)30-20(28)21(29)31-22)19-16-4-2-1-3-15(16)7-8-25-19/h1-8,11H,9-10,12-13H2. The van der Waals surface area contributed by atoms with E-state index in [2.05, 4.69) is 4.98 Å². The minimum Gasteiger partial charge on any atom is -0.394 e. The molecule has 0 unspecified atom stereocenters. The van der Waals surface area contributed by atoms with E-state index in [1.54, 1.807) is 11.1 Å². The van der Waals surface area contributed by atoms with Crippen molar-refractivity contribution in [3.8, 4) is 0 Å². The number of pyridine rings is 1. The van der Waals surface area contributed by atoms with Gasteiger partial charge in [0.15, 0.2) is 11.6 Å². The Kier molecular flexibility index (Phi) is 4.55. The summed E-state index contributed by atoms with van der Waals surface area (Å²) in [5.41, 5.74) is 0.543. The Morgan fingerprint density at radius 1 is 0.968 bits per heavy atom. The van der Waals surface area contributed by atoms with Crippen LogP contribution in [0.25, 0.3) is 10.8 Å². The Balaban J connectivity index is 1.50. The number of esters is 2. The van der Waals surface area contributed by atoms with Crippen LogP contribution in [0.1, 0.15) is 5.56 Å². The van der Waals surface area contributed by atoms with Gasteiger partial charge in [0.1, 0.15) is 5.82 Å². The highest BCUT2D eigenvalue weighted by molar-refractivity contribution is 6.31. The van der Waals surface area contributed by atoms with E-state index in [1.165, 1.54) is 6.07 Å². The van der Waals surface area contributed by atoms with Crippen LogP contribution in [0.3, 0.4) is 0 Å². The fraction of sp³-hybridized carbons (Fsp3) is 0.227. The molecule has 0 radical (unpaired) electrons. The third kappa shape index (κ3) is 3.36. The monoisotopic (exact) mass is 425 g/mol. The Hall–Kier alpha value is -3.59. The van der Waals surface area contributed by atoms with E-state index in [0.717, 1.165) is 22.9 Å². The number of piperazine rings is 1. The van der Waals surface area contributed by atoms with Crippen molar-refractivity contribution in [2.24, 2.45) is 0 Å². The molecule has 3 heterocycles. The topological polar surface area (TPSA) is 72.0 Å². The van der Waals surface area contributed by atoms with Crippen molar-refractivity contribution in [2.75, 3.05) is 24.5 Å². The van der Waals surface area contributed by atoms with Gasteiger partial charge in [-0.2, -0.15) is 0 Å². The molecule has 2 fully saturated rings. The average Bonchev–Trinajstić information content (AvgIpc) is 3.03. The van der Waals surface area contributed by atoms with Crippen molar-refractivity contribution in [3.63, 3.8) is 0 Å². The number of hydrogen-bond acceptors (Lipinski definition) is 7. The van der Waals surface area contributed by atoms with Crippen molar-refractivity contribution in [1.82, 2.24) is 9.88 Å². The zero-order valence-corrected chi connectivity index (χ0v) is 16.3. The lowest BCUT2D eigenvalue weighted by atomic mass is 10.1. The van der Waals surface area contributed by atoms with E-state index in [9.17, 15) is 18.4 Å². The predicted octanol–water partition coefficient (Wildman–Crippen LogP) is 2.59. The zero-order chi connectivity index (χ0) is 21.6. The summed E-state index contributed by atoms with van der Waals surface area (Å²) in [7, 11) is 0. The molecule has 0 saturated carbocycles. The van der Waals surface area contributed by atoms with Crippen molar-refractivity contribution in [1.29, 1.82) is 0 Å². The second kappa shape index (κ2) is 7.28. The molecular formula is C22H17F2N3O4. The molecule has 3 aromatic rings. The highest BCUT2D eigenvalue weighted by Crippen LogP contribution is 2.37. The summed E-state index contributed by atoms with van der Waals surface area (Å²) >= 11 is 0. The van der Waals surface area contributed by atoms with E-state index < -0.39 is 29.5 Å². The van der Waals surface area contributed by atoms with Crippen LogP contribution in [0.15, 0.2) is 54.7 Å². The molecule has 0 bridgehead atoms. The number of rotatable bonds is 3. The molecule has 2 aromatic carbocycles. The summed E-state index contributed by atoms with van der Waals surface area (Å²) in [6, 6.07) is 13.1. The number of nitrogens with zero attached hydrogens (tertiary/aromatic N) is 3. The van der Waals surface area contributed by atoms with Crippen LogP contribution < -0.4 is 4.90 Å². The van der Waals surface area contributed by atoms with Crippen LogP contribution in [0.4, 0.5) is 14.6 Å². The predicted molar refractivity (Wildman–Crippen MR) is 106 cm³/mol. The number of aromatic nitrogens is 1. The first-order valence-electron chi connectivity index (χ1n) is 9.69. The molecule has 31 heavy (non-hydrogen) atoms. The van der Waals surface area contributed by atoms with Crippen LogP contribution in [0.2, 0.25) is 0 Å². The van der Waals surface area contributed by atoms with Crippen LogP contribution in [-0.2, 0) is 25.6 Å². The molecule has 7 nitrogen and oxygen atoms in total. The minimum atomic E-state index is -1.69. The number of benzene rings is 2. The Morgan fingerprint density at radius 3 is 2.52 bits per heavy atom. The summed E-state index contributed by atoms with van der Waals surface area (Å²) in [4.78, 5) is 31.9. The average molecular weight is 425 g/mol. The summed E-state index contributed by atoms with van der Waals surface area (Å²) in [6.07, 6.45) is 1.64. The third-order valence-electron chi connectivity index (χ3n) is 5.44. The van der Waals surface area contributed by atoms with Gasteiger partial charge in [0, 0.05) is 31.2 Å². The molecule has 9 heteroatoms. The number of anilines is 1. The van der Waals surface area contributed by atoms with E-state index in [-0.39, 0.29) is 13.1 Å². The third-order valence-corrected chi connectivity index (χ3v) is 5.44. The van der Waals surface area contributed by atoms with E-state index >= 15 is 0 Å². The maximum atomic E-state index is 13.6. The molecule has 2 aliphatic rings. The zero-order valence-electron chi connectivity index (χ0n) is 16.3. The number of fused-ring (bicyclic) bond motifs is 1. The normalized spacial score (nSPS) is 18.5. The van der Waals surface area contributed by atoms with Gasteiger partial charge >= 0.3 is 17.8 Å². The van der Waals surface area contributed by atoms with Crippen LogP contribution >= 0.6 is 0 Å². The minimum absolute atomic E-state index is 0.0222. The van der Waals surface area contributed by atoms with Crippen LogP contribution in [-0.4, -0.2) is 47.4 Å². The molecule has 2 saturated heterocycles. The van der Waals surface area contributed by atoms with Gasteiger partial charge in [-0.1, -0.05) is 30.3 Å². The van der Waals surface area contributed by atoms with Crippen LogP contribution in [0.5, 0.6) is 0 Å². The molecule has 0 N–H and O–H groups in total. The van der Waals surface area contributed by atoms with Gasteiger partial charge in [0.2, 0.25) is 0 Å². The van der Waals surface area contributed by atoms with E-state index in [0.29, 0.717) is 24.5 Å². The number of ether oxygens (including phenoxy) is 2. The van der Waals surface area contributed by atoms with Gasteiger partial charge in [0.05, 0.1) is 6.54 Å². The SMILES string of the molecule is O=C1OC2(CN(Cc3ccc(F)c(F)c3)CCN2c2nccc3ccccc23)OC1=O. The quantitative estimate of drug-likeness (QED) is 0.472. The Labute approximate surface area is 175 Å². The first-order valence-corrected chi connectivity index (χ1v) is 9.69. The molecule has 0 aliphatic carbocycles. The molecule has 0 atom stereocenters. The van der Waals surface area contributed by atoms with Gasteiger partial charge in [-0.25, -0.2) is 23.4 Å². The highest BCUT2D eigenvalue weighted by atomic mass is 19.2. The first-order chi connectivity index (χ1) is 14.9. The van der Waals surface area contributed by atoms with Crippen molar-refractivity contribution in [3.05, 3.63) is 71.9 Å². The molecule has 0 amide bonds. The first kappa shape index (κ1) is 19.4. The number of halogens is 2. The van der Waals surface area contributed by atoms with Gasteiger partial charge in [-0.15, -0.1) is 0 Å². The van der Waals surface area contributed by atoms with Gasteiger partial charge in [0.25, 0.3) is 0 Å². The summed E-state index contributed by atoms with van der Waals surface area (Å²) < 4.78 is 37.7. The Morgan fingerprint density at radius 2 is 1.74 bits per heavy atom. The largest absolute Gasteiger partial charge is 0.422 e. The molecule has 1 spiro atoms. The van der Waals surface area contributed by atoms with Crippen LogP contribution in [0, 0.1) is 11.6 Å². The molecule has 1 aromatic heterocycles. The highest BCUT2D eigenvalue weighted by Gasteiger charge is 2.56. The summed E-state index contributed by atoms with van der Waals surface area (Å²) in [5.74, 6) is -5.20. The van der Waals surface area contributed by atoms with Crippen molar-refractivity contribution >= 4 is 28.5 Å². The van der Waals surface area contributed by atoms with Gasteiger partial charge in [-0.05, 0) is 29.1 Å². The smallest absolute Gasteiger partial charge is 0.394 e. The second-order valence-corrected chi connectivity index (χ2v) is 7.46. The van der Waals surface area contributed by atoms with Crippen molar-refractivity contribution in [2.45, 2.75) is 12.5 Å². The number of carbonyl (C=O) groups excluding carboxylic acids is 2. The molecular weight excluding hydrogens is 408 g/mol. The van der Waals surface area contributed by atoms with E-state index in [1.807, 2.05) is 35.2 Å². The molecule has 2 aliphatic heterocycles. The lowest BCUT2D eigenvalue weighted by Gasteiger charge is -2.45. The molecule has 5 rings (SSSR count). The molecule has 158 valence electrons. The van der Waals surface area contributed by atoms with E-state index in [4.69, 9.17) is 9.47 Å².